The fourth-order valence-electron chi connectivity index (χ4n) is 1.89. The summed E-state index contributed by atoms with van der Waals surface area (Å²) in [6, 6.07) is 10.6. The van der Waals surface area contributed by atoms with E-state index in [-0.39, 0.29) is 10.0 Å². The van der Waals surface area contributed by atoms with Crippen LogP contribution in [0.2, 0.25) is 0 Å². The van der Waals surface area contributed by atoms with Gasteiger partial charge < -0.3 is 5.11 Å². The predicted octanol–water partition coefficient (Wildman–Crippen LogP) is 4.48. The number of aromatic hydroxyl groups is 1. The van der Waals surface area contributed by atoms with Gasteiger partial charge in [0.05, 0.1) is 10.0 Å². The number of hydrogen-bond acceptors (Lipinski definition) is 3. The molecule has 0 heterocycles. The normalized spacial score (nSPS) is 10.9. The maximum atomic E-state index is 12.3. The van der Waals surface area contributed by atoms with Crippen molar-refractivity contribution in [1.29, 1.82) is 0 Å². The van der Waals surface area contributed by atoms with Crippen LogP contribution in [0.5, 0.6) is 5.75 Å². The topological polar surface area (TPSA) is 54.4 Å². The van der Waals surface area contributed by atoms with E-state index in [1.807, 2.05) is 31.2 Å². The van der Waals surface area contributed by atoms with Crippen LogP contribution in [0.3, 0.4) is 0 Å². The van der Waals surface area contributed by atoms with Crippen molar-refractivity contribution in [1.82, 2.24) is 0 Å². The smallest absolute Gasteiger partial charge is 0.235 e. The molecule has 0 aliphatic carbocycles. The van der Waals surface area contributed by atoms with Crippen molar-refractivity contribution in [3.63, 3.8) is 0 Å². The molecule has 0 aromatic heterocycles. The zero-order valence-corrected chi connectivity index (χ0v) is 14.8. The molecular weight excluding hydrogens is 412 g/mol. The number of aryl methyl sites for hydroxylation is 1. The first-order chi connectivity index (χ1) is 10.4. The largest absolute Gasteiger partial charge is 0.504 e. The van der Waals surface area contributed by atoms with Gasteiger partial charge in [0.2, 0.25) is 5.43 Å². The van der Waals surface area contributed by atoms with E-state index in [1.54, 1.807) is 6.08 Å². The van der Waals surface area contributed by atoms with Gasteiger partial charge >= 0.3 is 0 Å². The summed E-state index contributed by atoms with van der Waals surface area (Å²) in [4.78, 5) is 24.1. The second-order valence-electron chi connectivity index (χ2n) is 4.72. The third-order valence-electron chi connectivity index (χ3n) is 2.97. The molecule has 1 N–H and O–H groups in total. The molecule has 0 saturated heterocycles. The molecule has 112 valence electrons. The Balaban J connectivity index is 2.43. The average Bonchev–Trinajstić information content (AvgIpc) is 2.57. The fraction of sp³-hybridized carbons (Fsp3) is 0.0588. The van der Waals surface area contributed by atoms with Crippen molar-refractivity contribution in [2.24, 2.45) is 0 Å². The molecule has 2 aromatic carbocycles. The minimum absolute atomic E-state index is 0.0496. The van der Waals surface area contributed by atoms with Crippen LogP contribution in [-0.4, -0.2) is 10.9 Å². The van der Waals surface area contributed by atoms with Gasteiger partial charge in [-0.3, -0.25) is 9.59 Å². The lowest BCUT2D eigenvalue weighted by Crippen LogP contribution is -2.03. The van der Waals surface area contributed by atoms with Crippen LogP contribution in [0, 0.1) is 6.92 Å². The second-order valence-corrected chi connectivity index (χ2v) is 6.49. The Morgan fingerprint density at radius 3 is 2.59 bits per heavy atom. The highest BCUT2D eigenvalue weighted by molar-refractivity contribution is 9.11. The molecule has 0 radical (unpaired) electrons. The highest BCUT2D eigenvalue weighted by Gasteiger charge is 2.13. The highest BCUT2D eigenvalue weighted by atomic mass is 79.9. The van der Waals surface area contributed by atoms with Crippen LogP contribution in [0.1, 0.15) is 21.5 Å². The van der Waals surface area contributed by atoms with Gasteiger partial charge in [-0.15, -0.1) is 0 Å². The molecule has 0 saturated carbocycles. The number of halogens is 2. The number of rotatable bonds is 3. The monoisotopic (exact) mass is 422 g/mol. The summed E-state index contributed by atoms with van der Waals surface area (Å²) in [5.74, 6) is -1.02. The first-order valence-electron chi connectivity index (χ1n) is 6.40. The SMILES string of the molecule is Cc1cccc(/C=C\C(=O)c2cc(Br)cc(Br)c(=O)c2O)c1. The van der Waals surface area contributed by atoms with E-state index in [4.69, 9.17) is 0 Å². The number of carbonyl (C=O) groups excluding carboxylic acids is 1. The first-order valence-corrected chi connectivity index (χ1v) is 7.98. The number of carbonyl (C=O) groups is 1. The van der Waals surface area contributed by atoms with Crippen LogP contribution < -0.4 is 5.43 Å². The van der Waals surface area contributed by atoms with Crippen LogP contribution in [0.15, 0.2) is 56.2 Å². The van der Waals surface area contributed by atoms with Crippen molar-refractivity contribution in [3.05, 3.63) is 78.3 Å². The number of hydrogen-bond donors (Lipinski definition) is 1. The molecule has 0 aliphatic heterocycles. The van der Waals surface area contributed by atoms with Crippen molar-refractivity contribution < 1.29 is 9.90 Å². The van der Waals surface area contributed by atoms with Gasteiger partial charge in [0, 0.05) is 4.47 Å². The van der Waals surface area contributed by atoms with Crippen LogP contribution >= 0.6 is 31.9 Å². The van der Waals surface area contributed by atoms with Gasteiger partial charge in [-0.05, 0) is 46.6 Å². The van der Waals surface area contributed by atoms with Crippen molar-refractivity contribution >= 4 is 43.7 Å². The lowest BCUT2D eigenvalue weighted by Gasteiger charge is -1.97. The highest BCUT2D eigenvalue weighted by Crippen LogP contribution is 2.21. The summed E-state index contributed by atoms with van der Waals surface area (Å²) in [5, 5.41) is 9.96. The Bertz CT molecular complexity index is 826. The summed E-state index contributed by atoms with van der Waals surface area (Å²) in [6.45, 7) is 1.96. The average molecular weight is 424 g/mol. The standard InChI is InChI=1S/C17H12Br2O3/c1-10-3-2-4-11(7-10)5-6-15(20)13-8-12(18)9-14(19)17(22)16(13)21/h2-9H,1H3,(H,21,22)/b6-5-. The minimum Gasteiger partial charge on any atom is -0.504 e. The van der Waals surface area contributed by atoms with Crippen molar-refractivity contribution in [3.8, 4) is 5.75 Å². The van der Waals surface area contributed by atoms with Gasteiger partial charge in [0.1, 0.15) is 0 Å². The second kappa shape index (κ2) is 7.03. The van der Waals surface area contributed by atoms with Crippen LogP contribution in [0.25, 0.3) is 6.08 Å². The van der Waals surface area contributed by atoms with E-state index in [2.05, 4.69) is 31.9 Å². The van der Waals surface area contributed by atoms with E-state index in [9.17, 15) is 14.7 Å². The molecule has 0 spiro atoms. The summed E-state index contributed by atoms with van der Waals surface area (Å²) < 4.78 is 0.697. The Kier molecular flexibility index (Phi) is 5.32. The molecule has 3 nitrogen and oxygen atoms in total. The first kappa shape index (κ1) is 16.6. The fourth-order valence-corrected chi connectivity index (χ4v) is 3.09. The molecule has 2 rings (SSSR count). The van der Waals surface area contributed by atoms with Crippen LogP contribution in [0.4, 0.5) is 0 Å². The van der Waals surface area contributed by atoms with E-state index in [0.717, 1.165) is 11.1 Å². The summed E-state index contributed by atoms with van der Waals surface area (Å²) in [7, 11) is 0. The molecule has 0 atom stereocenters. The molecule has 2 aromatic rings. The van der Waals surface area contributed by atoms with E-state index >= 15 is 0 Å². The quantitative estimate of drug-likeness (QED) is 0.584. The maximum absolute atomic E-state index is 12.3. The molecule has 0 bridgehead atoms. The summed E-state index contributed by atoms with van der Waals surface area (Å²) in [5.41, 5.74) is 1.28. The molecule has 22 heavy (non-hydrogen) atoms. The summed E-state index contributed by atoms with van der Waals surface area (Å²) >= 11 is 6.29. The summed E-state index contributed by atoms with van der Waals surface area (Å²) in [6.07, 6.45) is 2.98. The lowest BCUT2D eigenvalue weighted by atomic mass is 10.1. The zero-order chi connectivity index (χ0) is 16.3. The molecule has 0 amide bonds. The van der Waals surface area contributed by atoms with Gasteiger partial charge in [0.15, 0.2) is 11.5 Å². The lowest BCUT2D eigenvalue weighted by molar-refractivity contribution is 0.104. The van der Waals surface area contributed by atoms with Gasteiger partial charge in [0.25, 0.3) is 0 Å². The maximum Gasteiger partial charge on any atom is 0.235 e. The Morgan fingerprint density at radius 2 is 1.91 bits per heavy atom. The van der Waals surface area contributed by atoms with E-state index in [0.29, 0.717) is 4.47 Å². The van der Waals surface area contributed by atoms with E-state index < -0.39 is 17.0 Å². The number of ketones is 1. The van der Waals surface area contributed by atoms with E-state index in [1.165, 1.54) is 18.2 Å². The van der Waals surface area contributed by atoms with Gasteiger partial charge in [-0.25, -0.2) is 0 Å². The number of allylic oxidation sites excluding steroid dienone is 1. The molecule has 0 aliphatic rings. The van der Waals surface area contributed by atoms with Crippen molar-refractivity contribution in [2.75, 3.05) is 0 Å². The third kappa shape index (κ3) is 3.93. The van der Waals surface area contributed by atoms with Crippen LogP contribution in [-0.2, 0) is 0 Å². The number of benzene rings is 1. The third-order valence-corrected chi connectivity index (χ3v) is 4.02. The Labute approximate surface area is 144 Å². The molecular formula is C17H12Br2O3. The Morgan fingerprint density at radius 1 is 1.18 bits per heavy atom. The van der Waals surface area contributed by atoms with Gasteiger partial charge in [-0.1, -0.05) is 51.8 Å². The van der Waals surface area contributed by atoms with Crippen molar-refractivity contribution in [2.45, 2.75) is 6.92 Å². The predicted molar refractivity (Wildman–Crippen MR) is 94.3 cm³/mol. The van der Waals surface area contributed by atoms with Gasteiger partial charge in [-0.2, -0.15) is 0 Å². The zero-order valence-electron chi connectivity index (χ0n) is 11.6. The molecule has 5 heteroatoms. The molecule has 0 unspecified atom stereocenters. The Hall–Kier alpha value is -1.72. The molecule has 0 fully saturated rings. The minimum atomic E-state index is -0.627.